The van der Waals surface area contributed by atoms with Crippen molar-refractivity contribution in [3.05, 3.63) is 59.2 Å². The van der Waals surface area contributed by atoms with Crippen LogP contribution < -0.4 is 10.6 Å². The predicted octanol–water partition coefficient (Wildman–Crippen LogP) is 3.33. The van der Waals surface area contributed by atoms with Crippen LogP contribution in [0.15, 0.2) is 47.4 Å². The van der Waals surface area contributed by atoms with Crippen LogP contribution in [0.1, 0.15) is 28.4 Å². The lowest BCUT2D eigenvalue weighted by atomic mass is 10.1. The van der Waals surface area contributed by atoms with E-state index in [1.807, 2.05) is 45.0 Å². The largest absolute Gasteiger partial charge is 0.452 e. The lowest BCUT2D eigenvalue weighted by Gasteiger charge is -2.11. The van der Waals surface area contributed by atoms with Crippen molar-refractivity contribution >= 4 is 35.2 Å². The molecular formula is C21H24N2O4S. The molecule has 0 aliphatic rings. The molecule has 0 unspecified atom stereocenters. The van der Waals surface area contributed by atoms with E-state index in [-0.39, 0.29) is 12.5 Å². The van der Waals surface area contributed by atoms with Gasteiger partial charge < -0.3 is 15.4 Å². The lowest BCUT2D eigenvalue weighted by Crippen LogP contribution is -2.35. The minimum Gasteiger partial charge on any atom is -0.452 e. The number of esters is 1. The topological polar surface area (TPSA) is 84.5 Å². The van der Waals surface area contributed by atoms with Crippen molar-refractivity contribution in [1.29, 1.82) is 0 Å². The Hall–Kier alpha value is -2.80. The second-order valence-corrected chi connectivity index (χ2v) is 7.38. The summed E-state index contributed by atoms with van der Waals surface area (Å²) in [6, 6.07) is 12.7. The highest BCUT2D eigenvalue weighted by Crippen LogP contribution is 2.22. The number of carbonyl (C=O) groups excluding carboxylic acids is 3. The van der Waals surface area contributed by atoms with Crippen LogP contribution in [0.2, 0.25) is 0 Å². The first-order valence-corrected chi connectivity index (χ1v) is 9.92. The number of hydrogen-bond donors (Lipinski definition) is 2. The average molecular weight is 401 g/mol. The molecule has 0 radical (unpaired) electrons. The van der Waals surface area contributed by atoms with Crippen LogP contribution in [0, 0.1) is 13.8 Å². The van der Waals surface area contributed by atoms with Gasteiger partial charge in [0, 0.05) is 10.6 Å². The molecule has 7 heteroatoms. The number of carbonyl (C=O) groups is 3. The van der Waals surface area contributed by atoms with Gasteiger partial charge in [0.25, 0.3) is 5.91 Å². The molecule has 0 aliphatic heterocycles. The van der Waals surface area contributed by atoms with Crippen molar-refractivity contribution in [2.45, 2.75) is 25.7 Å². The molecule has 2 aromatic rings. The molecule has 148 valence electrons. The van der Waals surface area contributed by atoms with Crippen LogP contribution >= 0.6 is 11.8 Å². The summed E-state index contributed by atoms with van der Waals surface area (Å²) in [6.45, 7) is 5.21. The molecule has 0 bridgehead atoms. The summed E-state index contributed by atoms with van der Waals surface area (Å²) in [6.07, 6.45) is 0. The van der Waals surface area contributed by atoms with E-state index in [4.69, 9.17) is 4.74 Å². The molecule has 2 rings (SSSR count). The number of rotatable bonds is 8. The van der Waals surface area contributed by atoms with Gasteiger partial charge in [0.2, 0.25) is 5.91 Å². The summed E-state index contributed by atoms with van der Waals surface area (Å²) in [5, 5.41) is 5.20. The van der Waals surface area contributed by atoms with Crippen LogP contribution in [0.3, 0.4) is 0 Å². The summed E-state index contributed by atoms with van der Waals surface area (Å²) in [7, 11) is 0. The highest BCUT2D eigenvalue weighted by atomic mass is 32.2. The number of thioether (sulfide) groups is 1. The molecule has 0 aliphatic carbocycles. The Morgan fingerprint density at radius 1 is 1.00 bits per heavy atom. The van der Waals surface area contributed by atoms with Gasteiger partial charge in [0.05, 0.1) is 12.1 Å². The average Bonchev–Trinajstić information content (AvgIpc) is 2.68. The smallest absolute Gasteiger partial charge is 0.339 e. The maximum Gasteiger partial charge on any atom is 0.339 e. The summed E-state index contributed by atoms with van der Waals surface area (Å²) in [5.41, 5.74) is 3.17. The number of anilines is 1. The van der Waals surface area contributed by atoms with E-state index in [0.29, 0.717) is 11.3 Å². The first kappa shape index (κ1) is 21.5. The first-order valence-electron chi connectivity index (χ1n) is 8.94. The van der Waals surface area contributed by atoms with Crippen LogP contribution in [0.5, 0.6) is 0 Å². The van der Waals surface area contributed by atoms with Gasteiger partial charge in [-0.2, -0.15) is 0 Å². The van der Waals surface area contributed by atoms with Crippen molar-refractivity contribution in [2.24, 2.45) is 0 Å². The summed E-state index contributed by atoms with van der Waals surface area (Å²) >= 11 is 1.53. The van der Waals surface area contributed by atoms with Gasteiger partial charge in [-0.15, -0.1) is 11.8 Å². The van der Waals surface area contributed by atoms with E-state index in [1.165, 1.54) is 11.8 Å². The van der Waals surface area contributed by atoms with E-state index in [9.17, 15) is 14.4 Å². The predicted molar refractivity (Wildman–Crippen MR) is 111 cm³/mol. The minimum atomic E-state index is -0.563. The van der Waals surface area contributed by atoms with Crippen molar-refractivity contribution < 1.29 is 19.1 Å². The Kier molecular flexibility index (Phi) is 8.07. The van der Waals surface area contributed by atoms with Gasteiger partial charge in [0.15, 0.2) is 6.61 Å². The molecule has 0 fully saturated rings. The third-order valence-corrected chi connectivity index (χ3v) is 5.02. The number of benzene rings is 2. The lowest BCUT2D eigenvalue weighted by molar-refractivity contribution is -0.126. The van der Waals surface area contributed by atoms with Crippen molar-refractivity contribution in [3.63, 3.8) is 0 Å². The number of amides is 2. The zero-order valence-electron chi connectivity index (χ0n) is 16.2. The van der Waals surface area contributed by atoms with Gasteiger partial charge in [-0.3, -0.25) is 9.59 Å². The highest BCUT2D eigenvalue weighted by molar-refractivity contribution is 7.99. The second-order valence-electron chi connectivity index (χ2n) is 6.08. The molecule has 2 amide bonds. The Balaban J connectivity index is 1.80. The zero-order valence-corrected chi connectivity index (χ0v) is 17.0. The van der Waals surface area contributed by atoms with Gasteiger partial charge in [-0.05, 0) is 48.9 Å². The summed E-state index contributed by atoms with van der Waals surface area (Å²) < 4.78 is 5.07. The van der Waals surface area contributed by atoms with E-state index in [2.05, 4.69) is 10.6 Å². The summed E-state index contributed by atoms with van der Waals surface area (Å²) in [4.78, 5) is 36.9. The molecule has 28 heavy (non-hydrogen) atoms. The normalized spacial score (nSPS) is 10.2. The van der Waals surface area contributed by atoms with E-state index < -0.39 is 18.5 Å². The zero-order chi connectivity index (χ0) is 20.5. The molecule has 2 N–H and O–H groups in total. The second kappa shape index (κ2) is 10.5. The first-order chi connectivity index (χ1) is 13.4. The molecule has 0 saturated carbocycles. The molecule has 2 aromatic carbocycles. The maximum absolute atomic E-state index is 12.2. The summed E-state index contributed by atoms with van der Waals surface area (Å²) in [5.74, 6) is -0.630. The fourth-order valence-corrected chi connectivity index (χ4v) is 3.23. The van der Waals surface area contributed by atoms with Crippen LogP contribution in [0.25, 0.3) is 0 Å². The third kappa shape index (κ3) is 6.13. The van der Waals surface area contributed by atoms with Crippen LogP contribution in [-0.4, -0.2) is 36.7 Å². The fraction of sp³-hybridized carbons (Fsp3) is 0.286. The van der Waals surface area contributed by atoms with E-state index in [0.717, 1.165) is 21.8 Å². The number of nitrogens with one attached hydrogen (secondary N) is 2. The number of hydrogen-bond acceptors (Lipinski definition) is 5. The van der Waals surface area contributed by atoms with Gasteiger partial charge in [-0.1, -0.05) is 31.2 Å². The number of ether oxygens (including phenoxy) is 1. The molecular weight excluding hydrogens is 376 g/mol. The molecule has 0 saturated heterocycles. The highest BCUT2D eigenvalue weighted by Gasteiger charge is 2.15. The van der Waals surface area contributed by atoms with Gasteiger partial charge in [-0.25, -0.2) is 4.79 Å². The Bertz CT molecular complexity index is 867. The third-order valence-electron chi connectivity index (χ3n) is 4.07. The molecule has 0 heterocycles. The van der Waals surface area contributed by atoms with Crippen LogP contribution in [0.4, 0.5) is 5.69 Å². The van der Waals surface area contributed by atoms with E-state index >= 15 is 0 Å². The van der Waals surface area contributed by atoms with E-state index in [1.54, 1.807) is 18.2 Å². The molecule has 0 atom stereocenters. The van der Waals surface area contributed by atoms with Gasteiger partial charge >= 0.3 is 5.97 Å². The molecule has 0 spiro atoms. The van der Waals surface area contributed by atoms with Crippen molar-refractivity contribution in [2.75, 3.05) is 24.2 Å². The Morgan fingerprint density at radius 3 is 2.50 bits per heavy atom. The Labute approximate surface area is 169 Å². The van der Waals surface area contributed by atoms with Gasteiger partial charge in [0.1, 0.15) is 0 Å². The van der Waals surface area contributed by atoms with Crippen LogP contribution in [-0.2, 0) is 14.3 Å². The number of aryl methyl sites for hydroxylation is 1. The standard InChI is InChI=1S/C21H24N2O4S/c1-4-28-18-11-6-5-9-16(18)21(26)27-13-20(25)22-12-19(24)23-17-10-7-8-14(2)15(17)3/h5-11H,4,12-13H2,1-3H3,(H,22,25)(H,23,24). The minimum absolute atomic E-state index is 0.202. The van der Waals surface area contributed by atoms with Crippen molar-refractivity contribution in [1.82, 2.24) is 5.32 Å². The SMILES string of the molecule is CCSc1ccccc1C(=O)OCC(=O)NCC(=O)Nc1cccc(C)c1C. The monoisotopic (exact) mass is 400 g/mol. The Morgan fingerprint density at radius 2 is 1.75 bits per heavy atom. The van der Waals surface area contributed by atoms with Crippen molar-refractivity contribution in [3.8, 4) is 0 Å². The molecule has 0 aromatic heterocycles. The molecule has 6 nitrogen and oxygen atoms in total. The fourth-order valence-electron chi connectivity index (χ4n) is 2.44. The quantitative estimate of drug-likeness (QED) is 0.524. The maximum atomic E-state index is 12.2.